The first-order chi connectivity index (χ1) is 18.8. The molecule has 11 heteroatoms. The number of unbranched alkanes of at least 4 members (excludes halogenated alkanes) is 1. The predicted octanol–water partition coefficient (Wildman–Crippen LogP) is 3.97. The second kappa shape index (κ2) is 15.7. The van der Waals surface area contributed by atoms with Crippen LogP contribution in [0.4, 0.5) is 13.2 Å². The molecule has 1 fully saturated rings. The van der Waals surface area contributed by atoms with Crippen molar-refractivity contribution >= 4 is 11.8 Å². The number of aliphatic hydroxyl groups is 1. The van der Waals surface area contributed by atoms with Gasteiger partial charge in [-0.05, 0) is 89.0 Å². The molecular formula is C29H42F3N5O3. The summed E-state index contributed by atoms with van der Waals surface area (Å²) in [6.07, 6.45) is 4.72. The summed E-state index contributed by atoms with van der Waals surface area (Å²) in [6.45, 7) is 3.78. The van der Waals surface area contributed by atoms with E-state index in [9.17, 15) is 27.9 Å². The lowest BCUT2D eigenvalue weighted by Gasteiger charge is -2.26. The van der Waals surface area contributed by atoms with E-state index >= 15 is 0 Å². The number of carbonyl (C=O) groups is 2. The minimum absolute atomic E-state index is 0.180. The second-order valence-electron chi connectivity index (χ2n) is 10.5. The number of benzene rings is 1. The molecule has 1 saturated carbocycles. The molecule has 1 heterocycles. The van der Waals surface area contributed by atoms with Crippen LogP contribution in [0, 0.1) is 0 Å². The van der Waals surface area contributed by atoms with Crippen LogP contribution in [0.15, 0.2) is 42.6 Å². The van der Waals surface area contributed by atoms with Gasteiger partial charge in [-0.1, -0.05) is 25.5 Å². The Bertz CT molecular complexity index is 1080. The van der Waals surface area contributed by atoms with Crippen LogP contribution < -0.4 is 16.4 Å². The van der Waals surface area contributed by atoms with Gasteiger partial charge in [-0.2, -0.15) is 13.2 Å². The number of hydrogen-bond donors (Lipinski definition) is 4. The molecule has 222 valence electrons. The molecule has 1 aliphatic carbocycles. The molecule has 0 spiro atoms. The van der Waals surface area contributed by atoms with Crippen molar-refractivity contribution in [3.63, 3.8) is 0 Å². The fourth-order valence-electron chi connectivity index (χ4n) is 4.53. The molecule has 2 atom stereocenters. The topological polar surface area (TPSA) is 121 Å². The van der Waals surface area contributed by atoms with Crippen molar-refractivity contribution in [3.05, 3.63) is 65.0 Å². The van der Waals surface area contributed by atoms with Crippen LogP contribution in [0.2, 0.25) is 0 Å². The van der Waals surface area contributed by atoms with Crippen LogP contribution in [0.1, 0.15) is 79.0 Å². The van der Waals surface area contributed by atoms with E-state index in [4.69, 9.17) is 5.73 Å². The van der Waals surface area contributed by atoms with Gasteiger partial charge in [-0.25, -0.2) is 0 Å². The largest absolute Gasteiger partial charge is 0.416 e. The molecule has 1 aliphatic rings. The molecule has 2 unspecified atom stereocenters. The molecule has 0 radical (unpaired) electrons. The van der Waals surface area contributed by atoms with Crippen LogP contribution in [-0.4, -0.2) is 60.0 Å². The average Bonchev–Trinajstić information content (AvgIpc) is 3.09. The van der Waals surface area contributed by atoms with Gasteiger partial charge < -0.3 is 26.4 Å². The third-order valence-electron chi connectivity index (χ3n) is 6.69. The van der Waals surface area contributed by atoms with Crippen LogP contribution in [-0.2, 0) is 23.1 Å². The van der Waals surface area contributed by atoms with Gasteiger partial charge in [0.1, 0.15) is 5.60 Å². The normalized spacial score (nSPS) is 19.4. The van der Waals surface area contributed by atoms with Crippen molar-refractivity contribution < 1.29 is 27.9 Å². The lowest BCUT2D eigenvalue weighted by Crippen LogP contribution is -2.33. The molecule has 1 aromatic heterocycles. The molecule has 1 aromatic carbocycles. The number of hydrogen-bond acceptors (Lipinski definition) is 6. The number of nitrogens with zero attached hydrogens (tertiary/aromatic N) is 2. The highest BCUT2D eigenvalue weighted by atomic mass is 19.4. The maximum Gasteiger partial charge on any atom is 0.416 e. The third-order valence-corrected chi connectivity index (χ3v) is 6.69. The van der Waals surface area contributed by atoms with Crippen molar-refractivity contribution in [2.75, 3.05) is 27.2 Å². The zero-order valence-corrected chi connectivity index (χ0v) is 23.6. The molecule has 2 aromatic rings. The minimum Gasteiger partial charge on any atom is -0.384 e. The fourth-order valence-corrected chi connectivity index (χ4v) is 4.53. The Morgan fingerprint density at radius 3 is 2.52 bits per heavy atom. The summed E-state index contributed by atoms with van der Waals surface area (Å²) in [7, 11) is 4.11. The minimum atomic E-state index is -4.51. The van der Waals surface area contributed by atoms with Gasteiger partial charge in [0.05, 0.1) is 17.8 Å². The second-order valence-corrected chi connectivity index (χ2v) is 10.5. The predicted molar refractivity (Wildman–Crippen MR) is 148 cm³/mol. The van der Waals surface area contributed by atoms with E-state index in [0.29, 0.717) is 12.1 Å². The number of carbonyl (C=O) groups excluding carboxylic acids is 2. The van der Waals surface area contributed by atoms with Gasteiger partial charge in [0.2, 0.25) is 5.91 Å². The first-order valence-electron chi connectivity index (χ1n) is 13.6. The van der Waals surface area contributed by atoms with Crippen LogP contribution in [0.25, 0.3) is 0 Å². The Balaban J connectivity index is 0.000000294. The molecule has 0 bridgehead atoms. The summed E-state index contributed by atoms with van der Waals surface area (Å²) in [5.41, 5.74) is 4.96. The Labute approximate surface area is 234 Å². The van der Waals surface area contributed by atoms with Gasteiger partial charge in [0.15, 0.2) is 0 Å². The van der Waals surface area contributed by atoms with Crippen molar-refractivity contribution in [2.24, 2.45) is 5.73 Å². The Hall–Kier alpha value is -3.02. The van der Waals surface area contributed by atoms with Crippen LogP contribution in [0.5, 0.6) is 0 Å². The van der Waals surface area contributed by atoms with Crippen LogP contribution >= 0.6 is 0 Å². The van der Waals surface area contributed by atoms with Crippen molar-refractivity contribution in [1.82, 2.24) is 20.5 Å². The summed E-state index contributed by atoms with van der Waals surface area (Å²) < 4.78 is 37.0. The number of nitrogens with two attached hydrogens (primary N) is 1. The highest BCUT2D eigenvalue weighted by molar-refractivity contribution is 5.96. The lowest BCUT2D eigenvalue weighted by molar-refractivity contribution is -0.137. The number of alkyl halides is 3. The monoisotopic (exact) mass is 565 g/mol. The molecule has 3 rings (SSSR count). The van der Waals surface area contributed by atoms with E-state index < -0.39 is 35.7 Å². The Morgan fingerprint density at radius 2 is 1.93 bits per heavy atom. The summed E-state index contributed by atoms with van der Waals surface area (Å²) in [5.74, 6) is -1.56. The van der Waals surface area contributed by atoms with Gasteiger partial charge in [0.25, 0.3) is 5.91 Å². The van der Waals surface area contributed by atoms with E-state index in [1.165, 1.54) is 24.5 Å². The number of pyridine rings is 1. The Morgan fingerprint density at radius 1 is 1.18 bits per heavy atom. The number of amides is 2. The number of rotatable bonds is 10. The molecular weight excluding hydrogens is 523 g/mol. The van der Waals surface area contributed by atoms with E-state index in [1.54, 1.807) is 0 Å². The molecule has 0 aliphatic heterocycles. The smallest absolute Gasteiger partial charge is 0.384 e. The first-order valence-corrected chi connectivity index (χ1v) is 13.6. The zero-order valence-electron chi connectivity index (χ0n) is 23.6. The summed E-state index contributed by atoms with van der Waals surface area (Å²) in [4.78, 5) is 28.4. The maximum atomic E-state index is 12.3. The van der Waals surface area contributed by atoms with Crippen molar-refractivity contribution in [1.29, 1.82) is 0 Å². The van der Waals surface area contributed by atoms with E-state index in [0.717, 1.165) is 63.0 Å². The third kappa shape index (κ3) is 11.2. The lowest BCUT2D eigenvalue weighted by atomic mass is 9.90. The zero-order chi connectivity index (χ0) is 29.8. The summed E-state index contributed by atoms with van der Waals surface area (Å²) in [5, 5.41) is 16.8. The number of halogens is 3. The van der Waals surface area contributed by atoms with Crippen molar-refractivity contribution in [3.8, 4) is 0 Å². The highest BCUT2D eigenvalue weighted by Gasteiger charge is 2.34. The molecule has 5 N–H and O–H groups in total. The number of aromatic nitrogens is 1. The van der Waals surface area contributed by atoms with Gasteiger partial charge >= 0.3 is 6.18 Å². The summed E-state index contributed by atoms with van der Waals surface area (Å²) in [6, 6.07) is 8.55. The fraction of sp³-hybridized carbons (Fsp3) is 0.552. The standard InChI is InChI=1S/C19H33N3O.C10H9F3N2O2/c1-4-5-13-20-17-7-6-11-19(23,12-10-17)18-9-8-16(14-21-18)15-22(2)3;11-10(12,13)7-3-1-2-6(4-7)9(17)15-5-8(14)16/h8-9,14,17,20,23H,4-7,10-13,15H2,1-3H3;1-4H,5H2,(H2,14,16)(H,15,17). The number of nitrogens with one attached hydrogen (secondary N) is 2. The Kier molecular flexibility index (Phi) is 13.0. The van der Waals surface area contributed by atoms with Gasteiger partial charge in [-0.3, -0.25) is 14.6 Å². The average molecular weight is 566 g/mol. The van der Waals surface area contributed by atoms with Gasteiger partial charge in [-0.15, -0.1) is 0 Å². The van der Waals surface area contributed by atoms with Crippen LogP contribution in [0.3, 0.4) is 0 Å². The van der Waals surface area contributed by atoms with E-state index in [2.05, 4.69) is 47.6 Å². The maximum absolute atomic E-state index is 12.3. The molecule has 0 saturated heterocycles. The number of primary amides is 1. The SMILES string of the molecule is CCCCNC1CCCC(O)(c2ccc(CN(C)C)cn2)CC1.NC(=O)CNC(=O)c1cccc(C(F)(F)F)c1. The molecule has 8 nitrogen and oxygen atoms in total. The first kappa shape index (κ1) is 33.2. The summed E-state index contributed by atoms with van der Waals surface area (Å²) >= 11 is 0. The highest BCUT2D eigenvalue weighted by Crippen LogP contribution is 2.35. The molecule has 2 amide bonds. The van der Waals surface area contributed by atoms with E-state index in [-0.39, 0.29) is 5.56 Å². The molecule has 40 heavy (non-hydrogen) atoms. The van der Waals surface area contributed by atoms with Crippen molar-refractivity contribution in [2.45, 2.75) is 76.2 Å². The quantitative estimate of drug-likeness (QED) is 0.256. The van der Waals surface area contributed by atoms with Gasteiger partial charge in [0, 0.05) is 24.3 Å². The van der Waals surface area contributed by atoms with E-state index in [1.807, 2.05) is 12.3 Å².